The van der Waals surface area contributed by atoms with E-state index in [1.165, 1.54) is 50.9 Å². The summed E-state index contributed by atoms with van der Waals surface area (Å²) in [6.45, 7) is 5.55. The third kappa shape index (κ3) is 13.2. The van der Waals surface area contributed by atoms with Gasteiger partial charge in [-0.25, -0.2) is 9.55 Å². The molecule has 0 aliphatic carbocycles. The second-order valence-corrected chi connectivity index (χ2v) is 4.50. The Morgan fingerprint density at radius 3 is 2.05 bits per heavy atom. The largest absolute Gasteiger partial charge is 0.673 e. The summed E-state index contributed by atoms with van der Waals surface area (Å²) in [5.41, 5.74) is 0. The van der Waals surface area contributed by atoms with E-state index in [0.29, 0.717) is 0 Å². The van der Waals surface area contributed by atoms with E-state index in [1.807, 2.05) is 6.20 Å². The predicted octanol–water partition coefficient (Wildman–Crippen LogP) is 4.27. The molecule has 7 heteroatoms. The molecule has 0 atom stereocenters. The van der Waals surface area contributed by atoms with E-state index in [9.17, 15) is 17.3 Å². The first-order valence-electron chi connectivity index (χ1n) is 6.75. The average Bonchev–Trinajstić information content (AvgIpc) is 2.67. The van der Waals surface area contributed by atoms with Gasteiger partial charge in [0, 0.05) is 6.92 Å². The average molecular weight is 282 g/mol. The van der Waals surface area contributed by atoms with Crippen LogP contribution in [0, 0.1) is 6.92 Å². The van der Waals surface area contributed by atoms with Crippen LogP contribution < -0.4 is 4.57 Å². The lowest BCUT2D eigenvalue weighted by Crippen LogP contribution is -2.34. The van der Waals surface area contributed by atoms with Gasteiger partial charge in [-0.3, -0.25) is 0 Å². The van der Waals surface area contributed by atoms with Crippen LogP contribution >= 0.6 is 0 Å². The summed E-state index contributed by atoms with van der Waals surface area (Å²) >= 11 is 0. The number of H-pyrrole nitrogens is 1. The minimum atomic E-state index is -6.00. The molecule has 0 unspecified atom stereocenters. The fraction of sp³-hybridized carbons (Fsp3) is 0.750. The monoisotopic (exact) mass is 282 g/mol. The van der Waals surface area contributed by atoms with Crippen LogP contribution in [0.25, 0.3) is 0 Å². The number of aromatic amines is 1. The van der Waals surface area contributed by atoms with E-state index in [4.69, 9.17) is 0 Å². The Bertz CT molecular complexity index is 320. The van der Waals surface area contributed by atoms with Gasteiger partial charge in [-0.05, 0) is 12.8 Å². The molecule has 19 heavy (non-hydrogen) atoms. The molecule has 1 aromatic heterocycles. The van der Waals surface area contributed by atoms with Crippen LogP contribution in [0.5, 0.6) is 0 Å². The number of rotatable bonds is 7. The Morgan fingerprint density at radius 1 is 1.05 bits per heavy atom. The first-order valence-corrected chi connectivity index (χ1v) is 6.75. The second kappa shape index (κ2) is 9.86. The van der Waals surface area contributed by atoms with Crippen molar-refractivity contribution >= 4 is 7.25 Å². The van der Waals surface area contributed by atoms with Crippen LogP contribution in [-0.4, -0.2) is 12.2 Å². The lowest BCUT2D eigenvalue weighted by molar-refractivity contribution is -0.702. The molecule has 112 valence electrons. The van der Waals surface area contributed by atoms with Gasteiger partial charge >= 0.3 is 7.25 Å². The van der Waals surface area contributed by atoms with Crippen molar-refractivity contribution in [3.8, 4) is 0 Å². The van der Waals surface area contributed by atoms with Crippen molar-refractivity contribution in [2.45, 2.75) is 58.9 Å². The van der Waals surface area contributed by atoms with Crippen LogP contribution in [0.1, 0.15) is 51.3 Å². The fourth-order valence-electron chi connectivity index (χ4n) is 1.75. The minimum Gasteiger partial charge on any atom is -0.418 e. The molecule has 1 N–H and O–H groups in total. The third-order valence-electron chi connectivity index (χ3n) is 2.73. The summed E-state index contributed by atoms with van der Waals surface area (Å²) in [4.78, 5) is 3.19. The number of hydrogen-bond donors (Lipinski definition) is 1. The highest BCUT2D eigenvalue weighted by atomic mass is 19.5. The highest BCUT2D eigenvalue weighted by Crippen LogP contribution is 2.06. The first-order chi connectivity index (χ1) is 8.84. The van der Waals surface area contributed by atoms with Gasteiger partial charge in [-0.1, -0.05) is 32.6 Å². The van der Waals surface area contributed by atoms with E-state index >= 15 is 0 Å². The van der Waals surface area contributed by atoms with Crippen molar-refractivity contribution < 1.29 is 21.8 Å². The maximum atomic E-state index is 9.75. The molecule has 0 saturated carbocycles. The molecule has 0 fully saturated rings. The number of unbranched alkanes of at least 4 members (excludes halogenated alkanes) is 5. The van der Waals surface area contributed by atoms with E-state index in [2.05, 4.69) is 29.6 Å². The summed E-state index contributed by atoms with van der Waals surface area (Å²) in [5, 5.41) is 0. The van der Waals surface area contributed by atoms with Gasteiger partial charge in [0.25, 0.3) is 5.82 Å². The molecule has 1 heterocycles. The molecule has 0 amide bonds. The van der Waals surface area contributed by atoms with Crippen LogP contribution in [0.3, 0.4) is 0 Å². The SMILES string of the molecule is CCCCCCCC[n+]1cc[nH]c1C.F[B-](F)(F)F. The molecule has 2 nitrogen and oxygen atoms in total. The van der Waals surface area contributed by atoms with Crippen LogP contribution in [0.2, 0.25) is 0 Å². The van der Waals surface area contributed by atoms with Gasteiger partial charge in [-0.15, -0.1) is 0 Å². The van der Waals surface area contributed by atoms with Gasteiger partial charge in [0.1, 0.15) is 12.4 Å². The molecule has 0 radical (unpaired) electrons. The number of aromatic nitrogens is 2. The topological polar surface area (TPSA) is 19.7 Å². The lowest BCUT2D eigenvalue weighted by atomic mass is 10.1. The molecular formula is C12H23BF4N2. The molecule has 0 aliphatic heterocycles. The van der Waals surface area contributed by atoms with Gasteiger partial charge in [0.05, 0.1) is 6.54 Å². The van der Waals surface area contributed by atoms with Gasteiger partial charge in [-0.2, -0.15) is 0 Å². The molecule has 1 rings (SSSR count). The van der Waals surface area contributed by atoms with E-state index in [1.54, 1.807) is 0 Å². The van der Waals surface area contributed by atoms with E-state index in [-0.39, 0.29) is 0 Å². The van der Waals surface area contributed by atoms with E-state index in [0.717, 1.165) is 0 Å². The number of nitrogens with zero attached hydrogens (tertiary/aromatic N) is 1. The second-order valence-electron chi connectivity index (χ2n) is 4.50. The van der Waals surface area contributed by atoms with E-state index < -0.39 is 7.25 Å². The lowest BCUT2D eigenvalue weighted by Gasteiger charge is -1.99. The number of imidazole rings is 1. The summed E-state index contributed by atoms with van der Waals surface area (Å²) in [5.74, 6) is 1.26. The highest BCUT2D eigenvalue weighted by molar-refractivity contribution is 6.50. The van der Waals surface area contributed by atoms with Crippen LogP contribution in [0.15, 0.2) is 12.4 Å². The zero-order chi connectivity index (χ0) is 14.7. The maximum Gasteiger partial charge on any atom is 0.673 e. The van der Waals surface area contributed by atoms with Crippen molar-refractivity contribution in [3.05, 3.63) is 18.2 Å². The Kier molecular flexibility index (Phi) is 9.34. The summed E-state index contributed by atoms with van der Waals surface area (Å²) in [6.07, 6.45) is 12.4. The number of aryl methyl sites for hydroxylation is 2. The van der Waals surface area contributed by atoms with Gasteiger partial charge in [0.2, 0.25) is 0 Å². The fourth-order valence-corrected chi connectivity index (χ4v) is 1.75. The number of nitrogens with one attached hydrogen (secondary N) is 1. The Balaban J connectivity index is 0.000000555. The molecule has 0 saturated heterocycles. The van der Waals surface area contributed by atoms with Crippen molar-refractivity contribution in [1.29, 1.82) is 0 Å². The van der Waals surface area contributed by atoms with Crippen molar-refractivity contribution in [1.82, 2.24) is 4.98 Å². The Labute approximate surface area is 112 Å². The quantitative estimate of drug-likeness (QED) is 0.333. The number of halogens is 4. The molecule has 0 aromatic carbocycles. The Morgan fingerprint density at radius 2 is 1.58 bits per heavy atom. The molecule has 0 bridgehead atoms. The maximum absolute atomic E-state index is 9.75. The van der Waals surface area contributed by atoms with Crippen molar-refractivity contribution in [2.24, 2.45) is 0 Å². The predicted molar refractivity (Wildman–Crippen MR) is 69.3 cm³/mol. The zero-order valence-electron chi connectivity index (χ0n) is 11.6. The highest BCUT2D eigenvalue weighted by Gasteiger charge is 2.20. The molecular weight excluding hydrogens is 259 g/mol. The van der Waals surface area contributed by atoms with Crippen molar-refractivity contribution in [3.63, 3.8) is 0 Å². The zero-order valence-corrected chi connectivity index (χ0v) is 11.6. The van der Waals surface area contributed by atoms with Crippen LogP contribution in [-0.2, 0) is 6.54 Å². The standard InChI is InChI=1S/C12H22N2.BF4/c1-3-4-5-6-7-8-10-14-11-9-13-12(14)2;2-1(3,4)5/h9,11H,3-8,10H2,1-2H3;/q;-1/p+1. The van der Waals surface area contributed by atoms with Gasteiger partial charge in [0.15, 0.2) is 0 Å². The molecule has 1 aromatic rings. The van der Waals surface area contributed by atoms with Crippen LogP contribution in [0.4, 0.5) is 17.3 Å². The summed E-state index contributed by atoms with van der Waals surface area (Å²) in [6, 6.07) is 0. The molecule has 0 spiro atoms. The minimum absolute atomic E-state index is 1.17. The smallest absolute Gasteiger partial charge is 0.418 e. The van der Waals surface area contributed by atoms with Crippen molar-refractivity contribution in [2.75, 3.05) is 0 Å². The summed E-state index contributed by atoms with van der Waals surface area (Å²) < 4.78 is 41.3. The third-order valence-corrected chi connectivity index (χ3v) is 2.73. The first kappa shape index (κ1) is 18.0. The summed E-state index contributed by atoms with van der Waals surface area (Å²) in [7, 11) is -6.00. The number of hydrogen-bond acceptors (Lipinski definition) is 0. The normalized spacial score (nSPS) is 11.1. The molecule has 0 aliphatic rings. The Hall–Kier alpha value is -1.01. The van der Waals surface area contributed by atoms with Gasteiger partial charge < -0.3 is 17.3 Å².